The molecule has 400 valence electrons. The van der Waals surface area contributed by atoms with Crippen molar-refractivity contribution in [2.45, 2.75) is 175 Å². The normalized spacial score (nSPS) is 16.5. The maximum Gasteiger partial charge on any atom is 0.319 e. The number of urea groups is 1. The third-order valence-corrected chi connectivity index (χ3v) is 12.2. The van der Waals surface area contributed by atoms with Crippen molar-refractivity contribution >= 4 is 60.4 Å². The standard InChI is InChI=1S/C49H87N9O12/c1-19-21-22-34(9)38(63)24-39(64)51-36(20-2)43(67)55(15)26-40(65)57(17)49(30-61,27-46(11,12)70-35(10)62)52-41(33(7)8)44(68)58(18)48(29-60,25-32(5)6)54-47(13,28-59)53-45(69)56(16)37(23-31(3)4)42(66)50-14/h19,21,28-34,36-38,41,52,54,63H,20,22-27H2,1-18H3,(H,50,66)(H,51,64)(H,53,69). The molecule has 8 unspecified atom stereocenters. The molecule has 0 aliphatic carbocycles. The van der Waals surface area contributed by atoms with Crippen LogP contribution in [0, 0.1) is 23.7 Å². The van der Waals surface area contributed by atoms with Crippen LogP contribution in [0.15, 0.2) is 12.2 Å². The molecule has 0 aliphatic rings. The lowest BCUT2D eigenvalue weighted by Crippen LogP contribution is -2.75. The van der Waals surface area contributed by atoms with Gasteiger partial charge in [0.2, 0.25) is 29.5 Å². The van der Waals surface area contributed by atoms with Crippen LogP contribution in [-0.4, -0.2) is 174 Å². The highest BCUT2D eigenvalue weighted by Gasteiger charge is 2.50. The third kappa shape index (κ3) is 19.1. The summed E-state index contributed by atoms with van der Waals surface area (Å²) in [5.74, 6) is -5.16. The number of amides is 7. The number of rotatable bonds is 31. The summed E-state index contributed by atoms with van der Waals surface area (Å²) in [5.41, 5.74) is -7.65. The van der Waals surface area contributed by atoms with E-state index < -0.39 is 107 Å². The number of hydrogen-bond acceptors (Lipinski definition) is 14. The van der Waals surface area contributed by atoms with Crippen molar-refractivity contribution < 1.29 is 57.8 Å². The molecule has 0 heterocycles. The first-order valence-electron chi connectivity index (χ1n) is 24.0. The van der Waals surface area contributed by atoms with Gasteiger partial charge in [0.15, 0.2) is 30.2 Å². The summed E-state index contributed by atoms with van der Waals surface area (Å²) in [6.45, 7) is 20.8. The molecular formula is C49H87N9O12. The Balaban J connectivity index is 7.25. The lowest BCUT2D eigenvalue weighted by Gasteiger charge is -2.48. The summed E-state index contributed by atoms with van der Waals surface area (Å²) in [6.07, 6.45) is 4.14. The number of allylic oxidation sites excluding steroid dienone is 2. The molecule has 0 saturated carbocycles. The SMILES string of the molecule is CC=CCC(C)C(O)CC(=O)NC(CC)C(=O)N(C)CC(=O)N(C)C(C=O)(CC(C)(C)OC(C)=O)NC(C(=O)N(C)C(C=O)(CC(C)C)NC(C)(C=O)NC(=O)N(C)C(CC(C)C)C(=O)NC)C(C)C. The first-order valence-corrected chi connectivity index (χ1v) is 24.0. The minimum atomic E-state index is -2.15. The van der Waals surface area contributed by atoms with Crippen LogP contribution in [0.5, 0.6) is 0 Å². The molecule has 0 rings (SSSR count). The number of hydrogen-bond donors (Lipinski definition) is 6. The Hall–Kier alpha value is -5.28. The monoisotopic (exact) mass is 994 g/mol. The van der Waals surface area contributed by atoms with Gasteiger partial charge in [-0.25, -0.2) is 4.79 Å². The zero-order valence-electron chi connectivity index (χ0n) is 45.2. The van der Waals surface area contributed by atoms with Gasteiger partial charge in [0.05, 0.1) is 25.1 Å². The average molecular weight is 994 g/mol. The minimum Gasteiger partial charge on any atom is -0.460 e. The zero-order chi connectivity index (χ0) is 54.7. The van der Waals surface area contributed by atoms with Crippen LogP contribution < -0.4 is 26.6 Å². The van der Waals surface area contributed by atoms with Gasteiger partial charge in [-0.1, -0.05) is 67.5 Å². The molecule has 8 atom stereocenters. The lowest BCUT2D eigenvalue weighted by atomic mass is 9.89. The maximum absolute atomic E-state index is 15.0. The van der Waals surface area contributed by atoms with Crippen LogP contribution in [0.4, 0.5) is 4.79 Å². The van der Waals surface area contributed by atoms with E-state index in [9.17, 15) is 48.3 Å². The van der Waals surface area contributed by atoms with Crippen molar-refractivity contribution in [2.75, 3.05) is 41.8 Å². The molecule has 0 aliphatic heterocycles. The van der Waals surface area contributed by atoms with Gasteiger partial charge in [-0.3, -0.25) is 53.8 Å². The lowest BCUT2D eigenvalue weighted by molar-refractivity contribution is -0.164. The zero-order valence-corrected chi connectivity index (χ0v) is 45.2. The second-order valence-electron chi connectivity index (χ2n) is 20.5. The Morgan fingerprint density at radius 2 is 1.37 bits per heavy atom. The van der Waals surface area contributed by atoms with Gasteiger partial charge in [0, 0.05) is 48.6 Å². The van der Waals surface area contributed by atoms with E-state index in [0.717, 1.165) is 26.5 Å². The number of likely N-dealkylation sites (N-methyl/N-ethyl adjacent to an activating group) is 5. The van der Waals surface area contributed by atoms with Crippen LogP contribution in [-0.2, 0) is 47.9 Å². The molecule has 0 aromatic carbocycles. The molecule has 70 heavy (non-hydrogen) atoms. The van der Waals surface area contributed by atoms with Crippen LogP contribution >= 0.6 is 0 Å². The number of carbonyl (C=O) groups excluding carboxylic acids is 10. The van der Waals surface area contributed by atoms with Crippen LogP contribution in [0.3, 0.4) is 0 Å². The summed E-state index contributed by atoms with van der Waals surface area (Å²) < 4.78 is 5.58. The molecular weight excluding hydrogens is 907 g/mol. The van der Waals surface area contributed by atoms with E-state index in [1.807, 2.05) is 32.9 Å². The van der Waals surface area contributed by atoms with Crippen molar-refractivity contribution in [1.29, 1.82) is 0 Å². The predicted molar refractivity (Wildman–Crippen MR) is 265 cm³/mol. The van der Waals surface area contributed by atoms with E-state index in [2.05, 4.69) is 26.6 Å². The molecule has 0 aromatic rings. The van der Waals surface area contributed by atoms with Gasteiger partial charge < -0.3 is 45.4 Å². The Morgan fingerprint density at radius 1 is 0.800 bits per heavy atom. The Labute approximate surface area is 416 Å². The molecule has 6 N–H and O–H groups in total. The van der Waals surface area contributed by atoms with Crippen molar-refractivity contribution in [3.05, 3.63) is 12.2 Å². The highest BCUT2D eigenvalue weighted by molar-refractivity contribution is 5.92. The van der Waals surface area contributed by atoms with E-state index >= 15 is 4.79 Å². The first kappa shape index (κ1) is 64.7. The van der Waals surface area contributed by atoms with Crippen LogP contribution in [0.2, 0.25) is 0 Å². The molecule has 0 radical (unpaired) electrons. The summed E-state index contributed by atoms with van der Waals surface area (Å²) in [4.78, 5) is 139. The van der Waals surface area contributed by atoms with Crippen molar-refractivity contribution in [3.8, 4) is 0 Å². The van der Waals surface area contributed by atoms with E-state index in [1.165, 1.54) is 56.0 Å². The quantitative estimate of drug-likeness (QED) is 0.0252. The number of ether oxygens (including phenoxy) is 1. The highest BCUT2D eigenvalue weighted by Crippen LogP contribution is 2.30. The molecule has 21 nitrogen and oxygen atoms in total. The topological polar surface area (TPSA) is 273 Å². The van der Waals surface area contributed by atoms with E-state index in [0.29, 0.717) is 31.7 Å². The molecule has 0 bridgehead atoms. The molecule has 0 aromatic heterocycles. The van der Waals surface area contributed by atoms with Gasteiger partial charge in [0.25, 0.3) is 0 Å². The van der Waals surface area contributed by atoms with Gasteiger partial charge >= 0.3 is 12.0 Å². The molecule has 0 saturated heterocycles. The Kier molecular flexibility index (Phi) is 26.4. The number of aldehydes is 3. The first-order chi connectivity index (χ1) is 32.2. The van der Waals surface area contributed by atoms with Gasteiger partial charge in [-0.15, -0.1) is 0 Å². The number of esters is 1. The fraction of sp³-hybridized carbons (Fsp3) is 0.755. The predicted octanol–water partition coefficient (Wildman–Crippen LogP) is 2.10. The fourth-order valence-electron chi connectivity index (χ4n) is 8.15. The molecule has 7 amide bonds. The minimum absolute atomic E-state index is 0.00627. The van der Waals surface area contributed by atoms with E-state index in [1.54, 1.807) is 41.5 Å². The molecule has 0 spiro atoms. The smallest absolute Gasteiger partial charge is 0.319 e. The summed E-state index contributed by atoms with van der Waals surface area (Å²) in [7, 11) is 6.74. The largest absolute Gasteiger partial charge is 0.460 e. The van der Waals surface area contributed by atoms with E-state index in [4.69, 9.17) is 4.74 Å². The van der Waals surface area contributed by atoms with Crippen molar-refractivity contribution in [3.63, 3.8) is 0 Å². The average Bonchev–Trinajstić information content (AvgIpc) is 3.27. The second kappa shape index (κ2) is 28.5. The third-order valence-electron chi connectivity index (χ3n) is 12.2. The number of aliphatic hydroxyl groups is 1. The number of aliphatic hydroxyl groups excluding tert-OH is 1. The van der Waals surface area contributed by atoms with Crippen molar-refractivity contribution in [1.82, 2.24) is 46.2 Å². The number of carbonyl (C=O) groups is 10. The van der Waals surface area contributed by atoms with Gasteiger partial charge in [-0.2, -0.15) is 0 Å². The fourth-order valence-corrected chi connectivity index (χ4v) is 8.15. The van der Waals surface area contributed by atoms with Crippen LogP contribution in [0.1, 0.15) is 129 Å². The number of nitrogens with one attached hydrogen (secondary N) is 5. The maximum atomic E-state index is 15.0. The summed E-state index contributed by atoms with van der Waals surface area (Å²) in [5, 5.41) is 24.3. The number of nitrogens with zero attached hydrogens (tertiary/aromatic N) is 4. The molecule has 21 heteroatoms. The Morgan fingerprint density at radius 3 is 1.81 bits per heavy atom. The van der Waals surface area contributed by atoms with Crippen LogP contribution in [0.25, 0.3) is 0 Å². The summed E-state index contributed by atoms with van der Waals surface area (Å²) in [6, 6.07) is -4.22. The van der Waals surface area contributed by atoms with Gasteiger partial charge in [0.1, 0.15) is 23.3 Å². The molecule has 0 fully saturated rings. The summed E-state index contributed by atoms with van der Waals surface area (Å²) >= 11 is 0. The van der Waals surface area contributed by atoms with E-state index in [-0.39, 0.29) is 37.0 Å². The second-order valence-corrected chi connectivity index (χ2v) is 20.5. The Bertz CT molecular complexity index is 1840. The highest BCUT2D eigenvalue weighted by atomic mass is 16.6. The van der Waals surface area contributed by atoms with Gasteiger partial charge in [-0.05, 0) is 77.0 Å². The van der Waals surface area contributed by atoms with Crippen molar-refractivity contribution in [2.24, 2.45) is 23.7 Å².